The first-order chi connectivity index (χ1) is 13.2. The van der Waals surface area contributed by atoms with E-state index in [9.17, 15) is 4.79 Å². The van der Waals surface area contributed by atoms with Gasteiger partial charge in [-0.15, -0.1) is 0 Å². The lowest BCUT2D eigenvalue weighted by Crippen LogP contribution is -2.38. The van der Waals surface area contributed by atoms with Crippen LogP contribution in [-0.4, -0.2) is 30.4 Å². The molecule has 1 saturated carbocycles. The van der Waals surface area contributed by atoms with E-state index >= 15 is 0 Å². The molecule has 2 N–H and O–H groups in total. The normalized spacial score (nSPS) is 19.8. The monoisotopic (exact) mass is 364 g/mol. The third kappa shape index (κ3) is 5.43. The maximum absolute atomic E-state index is 12.4. The van der Waals surface area contributed by atoms with Gasteiger partial charge >= 0.3 is 0 Å². The second-order valence-electron chi connectivity index (χ2n) is 7.92. The molecule has 2 aromatic rings. The Labute approximate surface area is 163 Å². The fourth-order valence-electron chi connectivity index (χ4n) is 4.29. The Morgan fingerprint density at radius 2 is 1.41 bits per heavy atom. The largest absolute Gasteiger partial charge is 0.342 e. The molecular weight excluding hydrogens is 332 g/mol. The van der Waals surface area contributed by atoms with E-state index in [4.69, 9.17) is 5.73 Å². The number of hydrogen-bond donors (Lipinski definition) is 1. The summed E-state index contributed by atoms with van der Waals surface area (Å²) in [6.07, 6.45) is 4.78. The summed E-state index contributed by atoms with van der Waals surface area (Å²) in [5, 5.41) is 0. The molecule has 1 aliphatic carbocycles. The minimum Gasteiger partial charge on any atom is -0.342 e. The SMILES string of the molecule is CC(=O)N(CC1CCC(CN)CC1)CC(c1ccccc1)c1ccccc1. The Bertz CT molecular complexity index is 653. The first kappa shape index (κ1) is 19.6. The van der Waals surface area contributed by atoms with E-state index < -0.39 is 0 Å². The minimum absolute atomic E-state index is 0.174. The van der Waals surface area contributed by atoms with Gasteiger partial charge in [-0.25, -0.2) is 0 Å². The Hall–Kier alpha value is -2.13. The van der Waals surface area contributed by atoms with Crippen LogP contribution < -0.4 is 5.73 Å². The van der Waals surface area contributed by atoms with Crippen molar-refractivity contribution in [2.75, 3.05) is 19.6 Å². The predicted molar refractivity (Wildman–Crippen MR) is 111 cm³/mol. The average Bonchev–Trinajstić information content (AvgIpc) is 2.72. The summed E-state index contributed by atoms with van der Waals surface area (Å²) in [5.74, 6) is 1.65. The summed E-state index contributed by atoms with van der Waals surface area (Å²) >= 11 is 0. The van der Waals surface area contributed by atoms with Crippen molar-refractivity contribution in [1.82, 2.24) is 4.90 Å². The van der Waals surface area contributed by atoms with Crippen LogP contribution in [0.25, 0.3) is 0 Å². The number of benzene rings is 2. The highest BCUT2D eigenvalue weighted by atomic mass is 16.2. The third-order valence-corrected chi connectivity index (χ3v) is 6.03. The van der Waals surface area contributed by atoms with Crippen LogP contribution in [0.3, 0.4) is 0 Å². The van der Waals surface area contributed by atoms with Crippen LogP contribution in [0.15, 0.2) is 60.7 Å². The summed E-state index contributed by atoms with van der Waals surface area (Å²) < 4.78 is 0. The maximum atomic E-state index is 12.4. The Morgan fingerprint density at radius 3 is 1.85 bits per heavy atom. The molecule has 0 aromatic heterocycles. The molecule has 1 amide bonds. The van der Waals surface area contributed by atoms with E-state index in [1.54, 1.807) is 6.92 Å². The number of nitrogens with zero attached hydrogens (tertiary/aromatic N) is 1. The Kier molecular flexibility index (Phi) is 7.05. The number of carbonyl (C=O) groups is 1. The van der Waals surface area contributed by atoms with Crippen molar-refractivity contribution >= 4 is 5.91 Å². The molecule has 2 aromatic carbocycles. The van der Waals surface area contributed by atoms with Gasteiger partial charge in [0.1, 0.15) is 0 Å². The van der Waals surface area contributed by atoms with E-state index in [1.807, 2.05) is 12.1 Å². The molecule has 0 heterocycles. The van der Waals surface area contributed by atoms with Crippen LogP contribution >= 0.6 is 0 Å². The van der Waals surface area contributed by atoms with Gasteiger partial charge in [0.25, 0.3) is 0 Å². The number of rotatable bonds is 7. The van der Waals surface area contributed by atoms with E-state index in [-0.39, 0.29) is 11.8 Å². The molecule has 3 rings (SSSR count). The third-order valence-electron chi connectivity index (χ3n) is 6.03. The summed E-state index contributed by atoms with van der Waals surface area (Å²) in [7, 11) is 0. The lowest BCUT2D eigenvalue weighted by molar-refractivity contribution is -0.129. The second-order valence-corrected chi connectivity index (χ2v) is 7.92. The first-order valence-corrected chi connectivity index (χ1v) is 10.2. The van der Waals surface area contributed by atoms with Gasteiger partial charge in [-0.1, -0.05) is 60.7 Å². The summed E-state index contributed by atoms with van der Waals surface area (Å²) in [5.41, 5.74) is 8.36. The Balaban J connectivity index is 1.74. The van der Waals surface area contributed by atoms with Gasteiger partial charge in [0.15, 0.2) is 0 Å². The van der Waals surface area contributed by atoms with Gasteiger partial charge in [0.05, 0.1) is 0 Å². The molecular formula is C24H32N2O. The molecule has 0 saturated heterocycles. The van der Waals surface area contributed by atoms with Crippen molar-refractivity contribution in [2.45, 2.75) is 38.5 Å². The van der Waals surface area contributed by atoms with Crippen molar-refractivity contribution in [3.05, 3.63) is 71.8 Å². The zero-order chi connectivity index (χ0) is 19.1. The highest BCUT2D eigenvalue weighted by Gasteiger charge is 2.25. The van der Waals surface area contributed by atoms with Crippen molar-refractivity contribution in [3.63, 3.8) is 0 Å². The van der Waals surface area contributed by atoms with E-state index in [0.29, 0.717) is 11.8 Å². The number of carbonyl (C=O) groups excluding carboxylic acids is 1. The number of amides is 1. The van der Waals surface area contributed by atoms with Gasteiger partial charge in [-0.05, 0) is 55.2 Å². The van der Waals surface area contributed by atoms with E-state index in [0.717, 1.165) is 19.6 Å². The zero-order valence-electron chi connectivity index (χ0n) is 16.4. The number of nitrogens with two attached hydrogens (primary N) is 1. The molecule has 0 bridgehead atoms. The maximum Gasteiger partial charge on any atom is 0.219 e. The quantitative estimate of drug-likeness (QED) is 0.790. The molecule has 27 heavy (non-hydrogen) atoms. The zero-order valence-corrected chi connectivity index (χ0v) is 16.4. The molecule has 3 nitrogen and oxygen atoms in total. The topological polar surface area (TPSA) is 46.3 Å². The summed E-state index contributed by atoms with van der Waals surface area (Å²) in [4.78, 5) is 14.5. The van der Waals surface area contributed by atoms with E-state index in [2.05, 4.69) is 53.4 Å². The number of hydrogen-bond acceptors (Lipinski definition) is 2. The Morgan fingerprint density at radius 1 is 0.926 bits per heavy atom. The smallest absolute Gasteiger partial charge is 0.219 e. The van der Waals surface area contributed by atoms with Crippen molar-refractivity contribution in [3.8, 4) is 0 Å². The molecule has 0 unspecified atom stereocenters. The molecule has 3 heteroatoms. The predicted octanol–water partition coefficient (Wildman–Crippen LogP) is 4.43. The second kappa shape index (κ2) is 9.70. The summed E-state index contributed by atoms with van der Waals surface area (Å²) in [6.45, 7) is 4.11. The fraction of sp³-hybridized carbons (Fsp3) is 0.458. The lowest BCUT2D eigenvalue weighted by atomic mass is 9.81. The van der Waals surface area contributed by atoms with Gasteiger partial charge in [-0.2, -0.15) is 0 Å². The first-order valence-electron chi connectivity index (χ1n) is 10.2. The molecule has 0 radical (unpaired) electrons. The molecule has 1 aliphatic rings. The van der Waals surface area contributed by atoms with Crippen LogP contribution in [0.2, 0.25) is 0 Å². The van der Waals surface area contributed by atoms with E-state index in [1.165, 1.54) is 36.8 Å². The van der Waals surface area contributed by atoms with Gasteiger partial charge in [-0.3, -0.25) is 4.79 Å². The van der Waals surface area contributed by atoms with Crippen molar-refractivity contribution < 1.29 is 4.79 Å². The van der Waals surface area contributed by atoms with Crippen LogP contribution in [0.4, 0.5) is 0 Å². The molecule has 0 atom stereocenters. The standard InChI is InChI=1S/C24H32N2O/c1-19(27)26(17-21-14-12-20(16-25)13-15-21)18-24(22-8-4-2-5-9-22)23-10-6-3-7-11-23/h2-11,20-21,24H,12-18,25H2,1H3. The highest BCUT2D eigenvalue weighted by Crippen LogP contribution is 2.30. The van der Waals surface area contributed by atoms with Gasteiger partial charge in [0, 0.05) is 25.9 Å². The van der Waals surface area contributed by atoms with Crippen molar-refractivity contribution in [1.29, 1.82) is 0 Å². The molecule has 0 aliphatic heterocycles. The van der Waals surface area contributed by atoms with Crippen LogP contribution in [0, 0.1) is 11.8 Å². The van der Waals surface area contributed by atoms with Crippen LogP contribution in [0.1, 0.15) is 49.7 Å². The minimum atomic E-state index is 0.174. The van der Waals surface area contributed by atoms with Gasteiger partial charge in [0.2, 0.25) is 5.91 Å². The lowest BCUT2D eigenvalue weighted by Gasteiger charge is -2.34. The molecule has 144 valence electrons. The molecule has 1 fully saturated rings. The average molecular weight is 365 g/mol. The van der Waals surface area contributed by atoms with Crippen LogP contribution in [0.5, 0.6) is 0 Å². The summed E-state index contributed by atoms with van der Waals surface area (Å²) in [6, 6.07) is 21.1. The van der Waals surface area contributed by atoms with Crippen LogP contribution in [-0.2, 0) is 4.79 Å². The van der Waals surface area contributed by atoms with Crippen molar-refractivity contribution in [2.24, 2.45) is 17.6 Å². The fourth-order valence-corrected chi connectivity index (χ4v) is 4.29. The highest BCUT2D eigenvalue weighted by molar-refractivity contribution is 5.73. The molecule has 0 spiro atoms. The van der Waals surface area contributed by atoms with Gasteiger partial charge < -0.3 is 10.6 Å².